The van der Waals surface area contributed by atoms with Crippen molar-refractivity contribution in [2.45, 2.75) is 18.9 Å². The van der Waals surface area contributed by atoms with Crippen LogP contribution < -0.4 is 15.8 Å². The molecule has 9 heteroatoms. The fraction of sp³-hybridized carbons (Fsp3) is 0.200. The molecule has 34 heavy (non-hydrogen) atoms. The standard InChI is InChI=1S/C25H25FN6O2/c1-16(26)25(33)32-13-5-6-18(14-32)31-24-21(23(28)29-15-30-24)22(27)17-9-11-20(12-10-17)34-19-7-3-2-4-8-19/h2-4,7-12,15,18,27H,1,5-6,13-14H2,(H3,28,29,30,31). The van der Waals surface area contributed by atoms with Gasteiger partial charge in [-0.15, -0.1) is 0 Å². The number of nitrogen functional groups attached to an aromatic ring is 1. The van der Waals surface area contributed by atoms with E-state index in [1.54, 1.807) is 24.3 Å². The Kier molecular flexibility index (Phi) is 6.82. The molecule has 1 amide bonds. The molecule has 0 radical (unpaired) electrons. The van der Waals surface area contributed by atoms with Crippen molar-refractivity contribution >= 4 is 23.3 Å². The molecule has 2 heterocycles. The minimum absolute atomic E-state index is 0.146. The molecule has 174 valence electrons. The molecule has 1 saturated heterocycles. The van der Waals surface area contributed by atoms with Gasteiger partial charge in [0.25, 0.3) is 5.91 Å². The van der Waals surface area contributed by atoms with E-state index in [1.807, 2.05) is 30.3 Å². The van der Waals surface area contributed by atoms with Crippen LogP contribution in [0.4, 0.5) is 16.0 Å². The van der Waals surface area contributed by atoms with Crippen molar-refractivity contribution in [2.24, 2.45) is 0 Å². The second-order valence-electron chi connectivity index (χ2n) is 7.94. The number of hydrogen-bond acceptors (Lipinski definition) is 7. The molecule has 0 aliphatic carbocycles. The lowest BCUT2D eigenvalue weighted by Gasteiger charge is -2.33. The number of piperidine rings is 1. The van der Waals surface area contributed by atoms with Crippen LogP contribution in [0.1, 0.15) is 24.0 Å². The maximum atomic E-state index is 13.3. The van der Waals surface area contributed by atoms with E-state index < -0.39 is 11.7 Å². The van der Waals surface area contributed by atoms with Crippen LogP contribution in [-0.4, -0.2) is 45.6 Å². The SMILES string of the molecule is C=C(F)C(=O)N1CCCC(Nc2ncnc(N)c2C(=N)c2ccc(Oc3ccccc3)cc2)C1. The van der Waals surface area contributed by atoms with Crippen LogP contribution in [0.3, 0.4) is 0 Å². The quantitative estimate of drug-likeness (QED) is 0.360. The first-order chi connectivity index (χ1) is 16.4. The Labute approximate surface area is 196 Å². The third kappa shape index (κ3) is 5.20. The second-order valence-corrected chi connectivity index (χ2v) is 7.94. The van der Waals surface area contributed by atoms with Gasteiger partial charge in [0.2, 0.25) is 0 Å². The third-order valence-corrected chi connectivity index (χ3v) is 5.53. The Hall–Kier alpha value is -4.27. The number of benzene rings is 2. The molecule has 0 bridgehead atoms. The zero-order valence-electron chi connectivity index (χ0n) is 18.5. The molecule has 3 aromatic rings. The number of carbonyl (C=O) groups is 1. The van der Waals surface area contributed by atoms with E-state index in [2.05, 4.69) is 21.9 Å². The van der Waals surface area contributed by atoms with E-state index in [4.69, 9.17) is 15.9 Å². The molecule has 1 atom stereocenters. The highest BCUT2D eigenvalue weighted by molar-refractivity contribution is 6.16. The average Bonchev–Trinajstić information content (AvgIpc) is 2.84. The van der Waals surface area contributed by atoms with Gasteiger partial charge in [0, 0.05) is 24.7 Å². The van der Waals surface area contributed by atoms with Crippen molar-refractivity contribution in [3.8, 4) is 11.5 Å². The summed E-state index contributed by atoms with van der Waals surface area (Å²) < 4.78 is 19.1. The van der Waals surface area contributed by atoms with Gasteiger partial charge in [-0.1, -0.05) is 24.8 Å². The van der Waals surface area contributed by atoms with Crippen LogP contribution in [0.2, 0.25) is 0 Å². The summed E-state index contributed by atoms with van der Waals surface area (Å²) in [6.45, 7) is 3.86. The number of amides is 1. The topological polar surface area (TPSA) is 117 Å². The average molecular weight is 461 g/mol. The van der Waals surface area contributed by atoms with E-state index in [1.165, 1.54) is 11.2 Å². The Morgan fingerprint density at radius 2 is 1.85 bits per heavy atom. The van der Waals surface area contributed by atoms with E-state index in [0.29, 0.717) is 48.0 Å². The van der Waals surface area contributed by atoms with Crippen LogP contribution in [-0.2, 0) is 4.79 Å². The first kappa shape index (κ1) is 22.9. The van der Waals surface area contributed by atoms with Crippen molar-refractivity contribution in [1.29, 1.82) is 5.41 Å². The number of ether oxygens (including phenoxy) is 1. The molecular weight excluding hydrogens is 435 g/mol. The fourth-order valence-corrected chi connectivity index (χ4v) is 3.86. The van der Waals surface area contributed by atoms with Crippen molar-refractivity contribution in [3.05, 3.63) is 84.5 Å². The highest BCUT2D eigenvalue weighted by Gasteiger charge is 2.27. The van der Waals surface area contributed by atoms with Gasteiger partial charge in [-0.3, -0.25) is 10.2 Å². The lowest BCUT2D eigenvalue weighted by molar-refractivity contribution is -0.129. The van der Waals surface area contributed by atoms with Crippen LogP contribution in [0.5, 0.6) is 11.5 Å². The highest BCUT2D eigenvalue weighted by Crippen LogP contribution is 2.26. The minimum Gasteiger partial charge on any atom is -0.457 e. The number of halogens is 1. The first-order valence-corrected chi connectivity index (χ1v) is 10.9. The molecule has 1 aliphatic rings. The summed E-state index contributed by atoms with van der Waals surface area (Å²) in [5, 5.41) is 12.0. The summed E-state index contributed by atoms with van der Waals surface area (Å²) in [5.41, 5.74) is 7.24. The first-order valence-electron chi connectivity index (χ1n) is 10.9. The van der Waals surface area contributed by atoms with Gasteiger partial charge in [0.1, 0.15) is 29.5 Å². The van der Waals surface area contributed by atoms with Crippen molar-refractivity contribution in [3.63, 3.8) is 0 Å². The van der Waals surface area contributed by atoms with Gasteiger partial charge in [-0.05, 0) is 49.2 Å². The van der Waals surface area contributed by atoms with Gasteiger partial charge in [0.05, 0.1) is 11.3 Å². The van der Waals surface area contributed by atoms with Crippen LogP contribution in [0, 0.1) is 5.41 Å². The highest BCUT2D eigenvalue weighted by atomic mass is 19.1. The van der Waals surface area contributed by atoms with E-state index in [0.717, 1.165) is 6.42 Å². The van der Waals surface area contributed by atoms with Crippen molar-refractivity contribution in [1.82, 2.24) is 14.9 Å². The maximum absolute atomic E-state index is 13.3. The Balaban J connectivity index is 1.51. The number of aromatic nitrogens is 2. The predicted molar refractivity (Wildman–Crippen MR) is 129 cm³/mol. The number of hydrogen-bond donors (Lipinski definition) is 3. The van der Waals surface area contributed by atoms with E-state index in [-0.39, 0.29) is 17.6 Å². The monoisotopic (exact) mass is 460 g/mol. The summed E-state index contributed by atoms with van der Waals surface area (Å²) in [4.78, 5) is 21.8. The van der Waals surface area contributed by atoms with Crippen LogP contribution >= 0.6 is 0 Å². The number of rotatable bonds is 7. The van der Waals surface area contributed by atoms with Gasteiger partial charge < -0.3 is 20.7 Å². The number of carbonyl (C=O) groups excluding carboxylic acids is 1. The zero-order chi connectivity index (χ0) is 24.1. The van der Waals surface area contributed by atoms with Gasteiger partial charge in [-0.2, -0.15) is 0 Å². The molecule has 8 nitrogen and oxygen atoms in total. The molecule has 0 saturated carbocycles. The minimum atomic E-state index is -0.978. The van der Waals surface area contributed by atoms with Gasteiger partial charge in [0.15, 0.2) is 5.83 Å². The summed E-state index contributed by atoms with van der Waals surface area (Å²) in [6, 6.07) is 16.3. The van der Waals surface area contributed by atoms with Gasteiger partial charge in [-0.25, -0.2) is 14.4 Å². The molecular formula is C25H25FN6O2. The summed E-state index contributed by atoms with van der Waals surface area (Å²) in [7, 11) is 0. The number of para-hydroxylation sites is 1. The molecule has 1 aromatic heterocycles. The number of nitrogens with two attached hydrogens (primary N) is 1. The summed E-state index contributed by atoms with van der Waals surface area (Å²) in [6.07, 6.45) is 2.78. The lowest BCUT2D eigenvalue weighted by Crippen LogP contribution is -2.45. The molecule has 0 spiro atoms. The zero-order valence-corrected chi connectivity index (χ0v) is 18.5. The van der Waals surface area contributed by atoms with Crippen molar-refractivity contribution in [2.75, 3.05) is 24.1 Å². The normalized spacial score (nSPS) is 15.4. The molecule has 2 aromatic carbocycles. The van der Waals surface area contributed by atoms with Crippen LogP contribution in [0.15, 0.2) is 73.3 Å². The molecule has 4 N–H and O–H groups in total. The van der Waals surface area contributed by atoms with E-state index >= 15 is 0 Å². The predicted octanol–water partition coefficient (Wildman–Crippen LogP) is 4.15. The molecule has 1 aliphatic heterocycles. The van der Waals surface area contributed by atoms with Crippen molar-refractivity contribution < 1.29 is 13.9 Å². The number of likely N-dealkylation sites (tertiary alicyclic amines) is 1. The lowest BCUT2D eigenvalue weighted by atomic mass is 10.0. The van der Waals surface area contributed by atoms with Crippen LogP contribution in [0.25, 0.3) is 0 Å². The Morgan fingerprint density at radius 3 is 2.56 bits per heavy atom. The van der Waals surface area contributed by atoms with E-state index in [9.17, 15) is 9.18 Å². The molecule has 1 unspecified atom stereocenters. The smallest absolute Gasteiger partial charge is 0.282 e. The fourth-order valence-electron chi connectivity index (χ4n) is 3.86. The number of anilines is 2. The largest absolute Gasteiger partial charge is 0.457 e. The van der Waals surface area contributed by atoms with Gasteiger partial charge >= 0.3 is 0 Å². The molecule has 1 fully saturated rings. The summed E-state index contributed by atoms with van der Waals surface area (Å²) in [5.74, 6) is 0.218. The third-order valence-electron chi connectivity index (χ3n) is 5.53. The number of nitrogens with one attached hydrogen (secondary N) is 2. The Bertz CT molecular complexity index is 1200. The maximum Gasteiger partial charge on any atom is 0.282 e. The molecule has 4 rings (SSSR count). The second kappa shape index (κ2) is 10.1. The Morgan fingerprint density at radius 1 is 1.15 bits per heavy atom. The number of nitrogens with zero attached hydrogens (tertiary/aromatic N) is 3. The summed E-state index contributed by atoms with van der Waals surface area (Å²) >= 11 is 0.